The van der Waals surface area contributed by atoms with E-state index in [0.29, 0.717) is 6.54 Å². The molecule has 0 aromatic rings. The molecule has 0 spiro atoms. The molecule has 1 aliphatic carbocycles. The first-order chi connectivity index (χ1) is 3.84. The van der Waals surface area contributed by atoms with Gasteiger partial charge in [-0.05, 0) is 18.8 Å². The van der Waals surface area contributed by atoms with Gasteiger partial charge in [0.25, 0.3) is 0 Å². The molecule has 1 aliphatic rings. The van der Waals surface area contributed by atoms with Crippen LogP contribution < -0.4 is 11.5 Å². The minimum Gasteiger partial charge on any atom is -0.329 e. The summed E-state index contributed by atoms with van der Waals surface area (Å²) in [4.78, 5) is 0. The first-order valence-electron chi connectivity index (χ1n) is 3.30. The molecule has 0 aromatic heterocycles. The third-order valence-corrected chi connectivity index (χ3v) is 2.03. The van der Waals surface area contributed by atoms with E-state index in [1.165, 1.54) is 19.3 Å². The maximum Gasteiger partial charge on any atom is 0.0191 e. The van der Waals surface area contributed by atoms with Gasteiger partial charge in [0.15, 0.2) is 0 Å². The Morgan fingerprint density at radius 1 is 1.50 bits per heavy atom. The fourth-order valence-electron chi connectivity index (χ4n) is 1.06. The normalized spacial score (nSPS) is 24.8. The lowest BCUT2D eigenvalue weighted by molar-refractivity contribution is 0.265. The third kappa shape index (κ3) is 1.01. The summed E-state index contributed by atoms with van der Waals surface area (Å²) in [5, 5.41) is 0. The molecule has 0 saturated heterocycles. The smallest absolute Gasteiger partial charge is 0.0191 e. The molecule has 0 amide bonds. The van der Waals surface area contributed by atoms with Gasteiger partial charge in [0.1, 0.15) is 0 Å². The Kier molecular flexibility index (Phi) is 1.86. The van der Waals surface area contributed by atoms with Crippen molar-refractivity contribution in [3.63, 3.8) is 0 Å². The summed E-state index contributed by atoms with van der Waals surface area (Å²) >= 11 is 0. The molecule has 48 valence electrons. The highest BCUT2D eigenvalue weighted by Crippen LogP contribution is 2.27. The van der Waals surface area contributed by atoms with Crippen molar-refractivity contribution in [2.45, 2.75) is 25.3 Å². The molecule has 0 unspecified atom stereocenters. The molecule has 0 aromatic carbocycles. The summed E-state index contributed by atoms with van der Waals surface area (Å²) in [6.07, 6.45) is 3.97. The van der Waals surface area contributed by atoms with Crippen LogP contribution in [0.4, 0.5) is 0 Å². The van der Waals surface area contributed by atoms with E-state index in [2.05, 4.69) is 0 Å². The minimum atomic E-state index is 0.281. The van der Waals surface area contributed by atoms with Crippen LogP contribution in [0.25, 0.3) is 0 Å². The van der Waals surface area contributed by atoms with Gasteiger partial charge < -0.3 is 11.5 Å². The predicted octanol–water partition coefficient (Wildman–Crippen LogP) is 0.0725. The van der Waals surface area contributed by atoms with E-state index in [1.807, 2.05) is 0 Å². The third-order valence-electron chi connectivity index (χ3n) is 2.03. The summed E-state index contributed by atoms with van der Waals surface area (Å²) in [7, 11) is 0. The Labute approximate surface area is 50.2 Å². The maximum atomic E-state index is 5.65. The minimum absolute atomic E-state index is 0.281. The molecule has 2 nitrogen and oxygen atoms in total. The molecule has 1 saturated carbocycles. The van der Waals surface area contributed by atoms with E-state index in [9.17, 15) is 0 Å². The lowest BCUT2D eigenvalue weighted by Gasteiger charge is -2.30. The van der Waals surface area contributed by atoms with Crippen molar-refractivity contribution in [3.8, 4) is 0 Å². The van der Waals surface area contributed by atoms with E-state index in [0.717, 1.165) is 5.92 Å². The lowest BCUT2D eigenvalue weighted by Crippen LogP contribution is -2.40. The zero-order valence-corrected chi connectivity index (χ0v) is 5.14. The van der Waals surface area contributed by atoms with Crippen LogP contribution in [-0.2, 0) is 0 Å². The van der Waals surface area contributed by atoms with Gasteiger partial charge in [0, 0.05) is 12.6 Å². The van der Waals surface area contributed by atoms with Crippen LogP contribution >= 0.6 is 0 Å². The van der Waals surface area contributed by atoms with Crippen molar-refractivity contribution in [1.82, 2.24) is 0 Å². The monoisotopic (exact) mass is 114 g/mol. The van der Waals surface area contributed by atoms with E-state index in [-0.39, 0.29) is 6.04 Å². The van der Waals surface area contributed by atoms with Crippen LogP contribution in [0, 0.1) is 5.92 Å². The van der Waals surface area contributed by atoms with E-state index in [4.69, 9.17) is 11.5 Å². The molecule has 0 heterocycles. The average molecular weight is 114 g/mol. The molecule has 1 fully saturated rings. The largest absolute Gasteiger partial charge is 0.329 e. The number of rotatable bonds is 2. The summed E-state index contributed by atoms with van der Waals surface area (Å²) in [5.41, 5.74) is 11.0. The Balaban J connectivity index is 2.13. The van der Waals surface area contributed by atoms with Crippen LogP contribution in [0.15, 0.2) is 0 Å². The van der Waals surface area contributed by atoms with Crippen LogP contribution in [0.1, 0.15) is 19.3 Å². The van der Waals surface area contributed by atoms with Gasteiger partial charge in [-0.2, -0.15) is 0 Å². The summed E-state index contributed by atoms with van der Waals surface area (Å²) in [6, 6.07) is 0.281. The van der Waals surface area contributed by atoms with E-state index >= 15 is 0 Å². The summed E-state index contributed by atoms with van der Waals surface area (Å²) in [6.45, 7) is 0.657. The molecule has 8 heavy (non-hydrogen) atoms. The SMILES string of the molecule is NC[C@H](N)C1CCC1. The number of hydrogen-bond acceptors (Lipinski definition) is 2. The van der Waals surface area contributed by atoms with Crippen molar-refractivity contribution >= 4 is 0 Å². The Bertz CT molecular complexity index is 66.2. The molecule has 1 rings (SSSR count). The maximum absolute atomic E-state index is 5.65. The molecule has 0 bridgehead atoms. The molecule has 0 aliphatic heterocycles. The second-order valence-corrected chi connectivity index (χ2v) is 2.59. The fraction of sp³-hybridized carbons (Fsp3) is 1.00. The Morgan fingerprint density at radius 3 is 2.25 bits per heavy atom. The van der Waals surface area contributed by atoms with Gasteiger partial charge in [0.05, 0.1) is 0 Å². The highest BCUT2D eigenvalue weighted by Gasteiger charge is 2.22. The van der Waals surface area contributed by atoms with Gasteiger partial charge in [-0.3, -0.25) is 0 Å². The van der Waals surface area contributed by atoms with Gasteiger partial charge in [-0.25, -0.2) is 0 Å². The fourth-order valence-corrected chi connectivity index (χ4v) is 1.06. The molecular formula is C6H14N2. The van der Waals surface area contributed by atoms with E-state index < -0.39 is 0 Å². The second-order valence-electron chi connectivity index (χ2n) is 2.59. The van der Waals surface area contributed by atoms with Crippen LogP contribution in [0.3, 0.4) is 0 Å². The van der Waals surface area contributed by atoms with Crippen molar-refractivity contribution < 1.29 is 0 Å². The van der Waals surface area contributed by atoms with E-state index in [1.54, 1.807) is 0 Å². The molecule has 4 N–H and O–H groups in total. The summed E-state index contributed by atoms with van der Waals surface area (Å²) < 4.78 is 0. The molecular weight excluding hydrogens is 100 g/mol. The van der Waals surface area contributed by atoms with Gasteiger partial charge >= 0.3 is 0 Å². The highest BCUT2D eigenvalue weighted by molar-refractivity contribution is 4.80. The van der Waals surface area contributed by atoms with Crippen LogP contribution in [0.5, 0.6) is 0 Å². The number of nitrogens with two attached hydrogens (primary N) is 2. The average Bonchev–Trinajstić information content (AvgIpc) is 1.62. The first-order valence-corrected chi connectivity index (χ1v) is 3.30. The van der Waals surface area contributed by atoms with Crippen molar-refractivity contribution in [2.24, 2.45) is 17.4 Å². The topological polar surface area (TPSA) is 52.0 Å². The second kappa shape index (κ2) is 2.46. The molecule has 2 heteroatoms. The van der Waals surface area contributed by atoms with Crippen molar-refractivity contribution in [3.05, 3.63) is 0 Å². The van der Waals surface area contributed by atoms with Crippen molar-refractivity contribution in [1.29, 1.82) is 0 Å². The Morgan fingerprint density at radius 2 is 2.12 bits per heavy atom. The van der Waals surface area contributed by atoms with Gasteiger partial charge in [-0.15, -0.1) is 0 Å². The van der Waals surface area contributed by atoms with Gasteiger partial charge in [-0.1, -0.05) is 6.42 Å². The summed E-state index contributed by atoms with van der Waals surface area (Å²) in [5.74, 6) is 0.750. The first kappa shape index (κ1) is 6.05. The highest BCUT2D eigenvalue weighted by atomic mass is 14.7. The predicted molar refractivity (Wildman–Crippen MR) is 34.4 cm³/mol. The lowest BCUT2D eigenvalue weighted by atomic mass is 9.80. The zero-order valence-electron chi connectivity index (χ0n) is 5.14. The Hall–Kier alpha value is -0.0800. The molecule has 0 radical (unpaired) electrons. The van der Waals surface area contributed by atoms with Crippen LogP contribution in [0.2, 0.25) is 0 Å². The number of hydrogen-bond donors (Lipinski definition) is 2. The van der Waals surface area contributed by atoms with Crippen molar-refractivity contribution in [2.75, 3.05) is 6.54 Å². The standard InChI is InChI=1S/C6H14N2/c7-4-6(8)5-2-1-3-5/h5-6H,1-4,7-8H2/t6-/m0/s1. The van der Waals surface area contributed by atoms with Crippen LogP contribution in [-0.4, -0.2) is 12.6 Å². The molecule has 1 atom stereocenters. The van der Waals surface area contributed by atoms with Gasteiger partial charge in [0.2, 0.25) is 0 Å². The quantitative estimate of drug-likeness (QED) is 0.534. The zero-order chi connectivity index (χ0) is 5.98.